The van der Waals surface area contributed by atoms with Crippen LogP contribution in [0.15, 0.2) is 64.7 Å². The number of nitrogens with two attached hydrogens (primary N) is 1. The fraction of sp³-hybridized carbons (Fsp3) is 0.258. The van der Waals surface area contributed by atoms with Gasteiger partial charge in [-0.3, -0.25) is 4.99 Å². The van der Waals surface area contributed by atoms with Gasteiger partial charge in [-0.1, -0.05) is 31.2 Å². The molecule has 4 N–H and O–H groups in total. The molecule has 10 heteroatoms. The largest absolute Gasteiger partial charge is 0.451 e. The summed E-state index contributed by atoms with van der Waals surface area (Å²) < 4.78 is 50.5. The number of aromatic nitrogens is 1. The van der Waals surface area contributed by atoms with Crippen molar-refractivity contribution in [2.24, 2.45) is 15.7 Å². The second-order valence-electron chi connectivity index (χ2n) is 9.45. The van der Waals surface area contributed by atoms with E-state index in [1.165, 1.54) is 18.3 Å². The first kappa shape index (κ1) is 29.5. The number of rotatable bonds is 7. The zero-order valence-corrected chi connectivity index (χ0v) is 22.8. The van der Waals surface area contributed by atoms with E-state index in [-0.39, 0.29) is 23.4 Å². The van der Waals surface area contributed by atoms with E-state index in [1.807, 2.05) is 6.07 Å². The molecule has 1 atom stereocenters. The lowest BCUT2D eigenvalue weighted by Gasteiger charge is -2.16. The van der Waals surface area contributed by atoms with Crippen LogP contribution in [0.4, 0.5) is 13.2 Å². The Bertz CT molecular complexity index is 1610. The summed E-state index contributed by atoms with van der Waals surface area (Å²) in [6.45, 7) is 2.26. The van der Waals surface area contributed by atoms with E-state index in [4.69, 9.17) is 15.6 Å². The van der Waals surface area contributed by atoms with Crippen molar-refractivity contribution < 1.29 is 27.8 Å². The van der Waals surface area contributed by atoms with Gasteiger partial charge in [-0.15, -0.1) is 0 Å². The number of aliphatic hydroxyl groups is 1. The third kappa shape index (κ3) is 6.33. The molecule has 2 heterocycles. The molecule has 1 unspecified atom stereocenters. The number of aromatic amines is 1. The molecule has 0 radical (unpaired) electrons. The predicted molar refractivity (Wildman–Crippen MR) is 153 cm³/mol. The monoisotopic (exact) mass is 564 g/mol. The maximum atomic E-state index is 15.2. The zero-order valence-electron chi connectivity index (χ0n) is 22.8. The Morgan fingerprint density at radius 2 is 1.98 bits per heavy atom. The lowest BCUT2D eigenvalue weighted by atomic mass is 9.95. The molecular formula is C31H31F3N4O3. The molecule has 0 saturated heterocycles. The third-order valence-corrected chi connectivity index (χ3v) is 6.90. The van der Waals surface area contributed by atoms with Gasteiger partial charge in [0, 0.05) is 49.2 Å². The molecule has 0 fully saturated rings. The number of aliphatic imine (C=N–C) groups is 2. The molecule has 0 amide bonds. The van der Waals surface area contributed by atoms with Gasteiger partial charge in [-0.25, -0.2) is 18.2 Å². The number of fused-ring (bicyclic) bond motifs is 2. The van der Waals surface area contributed by atoms with Crippen LogP contribution in [0.2, 0.25) is 0 Å². The van der Waals surface area contributed by atoms with E-state index in [0.717, 1.165) is 31.8 Å². The number of hydrogen-bond acceptors (Lipinski definition) is 5. The lowest BCUT2D eigenvalue weighted by molar-refractivity contribution is -0.107. The molecule has 0 spiro atoms. The second-order valence-corrected chi connectivity index (χ2v) is 9.45. The number of amidine groups is 2. The Kier molecular flexibility index (Phi) is 9.57. The van der Waals surface area contributed by atoms with E-state index in [2.05, 4.69) is 15.0 Å². The molecule has 3 aromatic carbocycles. The number of ether oxygens (including phenoxy) is 1. The number of hydrogen-bond donors (Lipinski definition) is 3. The van der Waals surface area contributed by atoms with E-state index >= 15 is 4.39 Å². The van der Waals surface area contributed by atoms with Crippen molar-refractivity contribution in [2.75, 3.05) is 13.7 Å². The third-order valence-electron chi connectivity index (χ3n) is 6.90. The molecule has 5 rings (SSSR count). The maximum absolute atomic E-state index is 15.2. The van der Waals surface area contributed by atoms with Crippen LogP contribution in [0.3, 0.4) is 0 Å². The number of aldehydes is 1. The van der Waals surface area contributed by atoms with Crippen molar-refractivity contribution in [1.82, 2.24) is 4.98 Å². The SMILES string of the molecule is CC(C(N)=NC1=NCCCc2ccc(Oc3c(F)cc4[nH]ccc4c3F)cc21)c1cccc(CCC=O)c1F.CO. The van der Waals surface area contributed by atoms with Crippen LogP contribution in [0.25, 0.3) is 10.9 Å². The minimum atomic E-state index is -0.834. The molecule has 0 saturated carbocycles. The van der Waals surface area contributed by atoms with Crippen molar-refractivity contribution >= 4 is 28.9 Å². The van der Waals surface area contributed by atoms with Crippen LogP contribution in [0.5, 0.6) is 11.5 Å². The smallest absolute Gasteiger partial charge is 0.199 e. The Morgan fingerprint density at radius 3 is 2.76 bits per heavy atom. The molecule has 214 valence electrons. The van der Waals surface area contributed by atoms with Gasteiger partial charge in [0.2, 0.25) is 0 Å². The summed E-state index contributed by atoms with van der Waals surface area (Å²) in [5.74, 6) is -2.39. The van der Waals surface area contributed by atoms with Gasteiger partial charge >= 0.3 is 0 Å². The fourth-order valence-electron chi connectivity index (χ4n) is 4.72. The number of aryl methyl sites for hydroxylation is 2. The van der Waals surface area contributed by atoms with Gasteiger partial charge < -0.3 is 25.4 Å². The Labute approximate surface area is 235 Å². The average molecular weight is 565 g/mol. The number of nitrogens with zero attached hydrogens (tertiary/aromatic N) is 2. The zero-order chi connectivity index (χ0) is 29.5. The highest BCUT2D eigenvalue weighted by Gasteiger charge is 2.21. The van der Waals surface area contributed by atoms with Crippen molar-refractivity contribution in [3.63, 3.8) is 0 Å². The first-order valence-corrected chi connectivity index (χ1v) is 13.2. The maximum Gasteiger partial charge on any atom is 0.199 e. The molecule has 1 aliphatic heterocycles. The van der Waals surface area contributed by atoms with Gasteiger partial charge in [0.05, 0.1) is 5.52 Å². The molecule has 1 aliphatic rings. The van der Waals surface area contributed by atoms with Gasteiger partial charge in [0.15, 0.2) is 23.2 Å². The standard InChI is InChI=1S/C30H27F3N4O2.CH4O/c1-17(21-8-2-5-19(26(21)32)7-4-14-38)29(34)37-30-23-15-20(10-9-18(23)6-3-12-36-30)39-28-24(31)16-25-22(27(28)33)11-13-35-25;1-2/h2,5,8-11,13-17,35H,3-4,6-7,12H2,1H3,(H2,34,36,37);2H,1H3. The van der Waals surface area contributed by atoms with Gasteiger partial charge in [-0.2, -0.15) is 0 Å². The second kappa shape index (κ2) is 13.3. The number of H-pyrrole nitrogens is 1. The molecule has 0 bridgehead atoms. The van der Waals surface area contributed by atoms with Crippen LogP contribution in [-0.4, -0.2) is 41.7 Å². The minimum Gasteiger partial charge on any atom is -0.451 e. The number of aliphatic hydroxyl groups excluding tert-OH is 1. The van der Waals surface area contributed by atoms with Crippen LogP contribution in [-0.2, 0) is 17.6 Å². The number of halogens is 3. The van der Waals surface area contributed by atoms with Crippen molar-refractivity contribution in [3.8, 4) is 11.5 Å². The van der Waals surface area contributed by atoms with Gasteiger partial charge in [0.1, 0.15) is 23.7 Å². The normalized spacial score (nSPS) is 13.9. The topological polar surface area (TPSA) is 113 Å². The quantitative estimate of drug-likeness (QED) is 0.146. The molecule has 41 heavy (non-hydrogen) atoms. The molecule has 0 aliphatic carbocycles. The highest BCUT2D eigenvalue weighted by molar-refractivity contribution is 6.08. The first-order valence-electron chi connectivity index (χ1n) is 13.2. The molecule has 7 nitrogen and oxygen atoms in total. The van der Waals surface area contributed by atoms with E-state index < -0.39 is 29.1 Å². The number of nitrogens with one attached hydrogen (secondary N) is 1. The highest BCUT2D eigenvalue weighted by atomic mass is 19.1. The highest BCUT2D eigenvalue weighted by Crippen LogP contribution is 2.34. The summed E-state index contributed by atoms with van der Waals surface area (Å²) in [6, 6.07) is 12.8. The number of carbonyl (C=O) groups is 1. The fourth-order valence-corrected chi connectivity index (χ4v) is 4.72. The summed E-state index contributed by atoms with van der Waals surface area (Å²) in [6.07, 6.45) is 4.31. The summed E-state index contributed by atoms with van der Waals surface area (Å²) in [7, 11) is 1.00. The average Bonchev–Trinajstić information content (AvgIpc) is 3.37. The summed E-state index contributed by atoms with van der Waals surface area (Å²) in [5, 5.41) is 7.22. The van der Waals surface area contributed by atoms with E-state index in [1.54, 1.807) is 37.3 Å². The van der Waals surface area contributed by atoms with Gasteiger partial charge in [0.25, 0.3) is 0 Å². The lowest BCUT2D eigenvalue weighted by Crippen LogP contribution is -2.23. The van der Waals surface area contributed by atoms with Crippen LogP contribution < -0.4 is 10.5 Å². The molecular weight excluding hydrogens is 533 g/mol. The summed E-state index contributed by atoms with van der Waals surface area (Å²) >= 11 is 0. The van der Waals surface area contributed by atoms with E-state index in [9.17, 15) is 13.6 Å². The van der Waals surface area contributed by atoms with Crippen molar-refractivity contribution in [2.45, 2.75) is 38.5 Å². The van der Waals surface area contributed by atoms with Gasteiger partial charge in [-0.05, 0) is 54.2 Å². The summed E-state index contributed by atoms with van der Waals surface area (Å²) in [4.78, 5) is 22.7. The molecule has 4 aromatic rings. The van der Waals surface area contributed by atoms with Crippen LogP contribution in [0, 0.1) is 17.5 Å². The first-order chi connectivity index (χ1) is 19.9. The van der Waals surface area contributed by atoms with Crippen LogP contribution in [0.1, 0.15) is 47.9 Å². The minimum absolute atomic E-state index is 0.161. The van der Waals surface area contributed by atoms with Crippen LogP contribution >= 0.6 is 0 Å². The Hall–Kier alpha value is -4.44. The number of benzene rings is 3. The van der Waals surface area contributed by atoms with Crippen molar-refractivity contribution in [1.29, 1.82) is 0 Å². The summed E-state index contributed by atoms with van der Waals surface area (Å²) in [5.41, 5.74) is 9.07. The Morgan fingerprint density at radius 1 is 1.17 bits per heavy atom. The van der Waals surface area contributed by atoms with E-state index in [0.29, 0.717) is 41.0 Å². The number of carbonyl (C=O) groups excluding carboxylic acids is 1. The predicted octanol–water partition coefficient (Wildman–Crippen LogP) is 5.97. The molecule has 1 aromatic heterocycles. The van der Waals surface area contributed by atoms with Crippen molar-refractivity contribution in [3.05, 3.63) is 94.4 Å². The Balaban J connectivity index is 0.00000189.